The number of nitrogens with zero attached hydrogens (tertiary/aromatic N) is 4. The molecule has 10 rings (SSSR count). The number of aliphatic hydroxyl groups is 1. The third-order valence-electron chi connectivity index (χ3n) is 14.1. The summed E-state index contributed by atoms with van der Waals surface area (Å²) in [5.74, 6) is 4.09. The second-order valence-corrected chi connectivity index (χ2v) is 18.2. The van der Waals surface area contributed by atoms with E-state index in [0.29, 0.717) is 53.6 Å². The normalized spacial score (nSPS) is 23.0. The highest BCUT2D eigenvalue weighted by atomic mass is 16.7. The summed E-state index contributed by atoms with van der Waals surface area (Å²) in [6, 6.07) is 32.3. The smallest absolute Gasteiger partial charge is 0.421 e. The van der Waals surface area contributed by atoms with Crippen molar-refractivity contribution >= 4 is 35.6 Å². The first kappa shape index (κ1) is 48.7. The van der Waals surface area contributed by atoms with Gasteiger partial charge in [-0.05, 0) is 70.3 Å². The Morgan fingerprint density at radius 1 is 0.808 bits per heavy atom. The number of carbonyl (C=O) groups is 5. The van der Waals surface area contributed by atoms with Gasteiger partial charge in [-0.1, -0.05) is 90.7 Å². The highest BCUT2D eigenvalue weighted by Gasteiger charge is 2.76. The molecule has 6 atom stereocenters. The molecule has 0 unspecified atom stereocenters. The van der Waals surface area contributed by atoms with Crippen LogP contribution in [0.4, 0.5) is 15.3 Å². The van der Waals surface area contributed by atoms with Crippen LogP contribution < -0.4 is 30.2 Å². The maximum absolute atomic E-state index is 16.6. The number of hydrogen-bond donors (Lipinski definition) is 3. The first-order chi connectivity index (χ1) is 35.6. The Morgan fingerprint density at radius 2 is 1.55 bits per heavy atom. The lowest BCUT2D eigenvalue weighted by molar-refractivity contribution is -0.179. The topological polar surface area (TPSA) is 212 Å². The lowest BCUT2D eigenvalue weighted by atomic mass is 9.64. The number of carbonyl (C=O) groups excluding carboxylic acids is 5. The molecule has 0 saturated carbocycles. The average molecular weight is 991 g/mol. The summed E-state index contributed by atoms with van der Waals surface area (Å²) in [5.41, 5.74) is 6.89. The summed E-state index contributed by atoms with van der Waals surface area (Å²) >= 11 is 0. The number of anilines is 1. The molecule has 18 nitrogen and oxygen atoms in total. The largest absolute Gasteiger partial charge is 0.491 e. The molecular weight excluding hydrogens is 937 g/mol. The van der Waals surface area contributed by atoms with Crippen LogP contribution in [0.2, 0.25) is 0 Å². The van der Waals surface area contributed by atoms with E-state index in [1.807, 2.05) is 89.8 Å². The number of nitrogens with two attached hydrogens (primary N) is 1. The zero-order valence-electron chi connectivity index (χ0n) is 40.0. The summed E-state index contributed by atoms with van der Waals surface area (Å²) in [7, 11) is 1.46. The van der Waals surface area contributed by atoms with Crippen molar-refractivity contribution in [1.82, 2.24) is 20.0 Å². The Hall–Kier alpha value is -7.95. The summed E-state index contributed by atoms with van der Waals surface area (Å²) in [6.45, 7) is 1.53. The van der Waals surface area contributed by atoms with Crippen molar-refractivity contribution in [2.45, 2.75) is 36.2 Å². The van der Waals surface area contributed by atoms with Crippen molar-refractivity contribution in [2.75, 3.05) is 78.0 Å². The second-order valence-electron chi connectivity index (χ2n) is 18.2. The SMILES string of the molecule is COCCOC(=O)N1C(=O)[C@@]2(c3cc(C#CCNC(N)=O)ccc31)[C@H](C(=O)N1CCN(Cc3ccc4c(c3)OCO4)CC1)[C@H]1C(=O)O[C@H](c3ccccc3)[C@H](c3ccccc3)N1[C@@H]2c1cccc(OCCO)c1. The second kappa shape index (κ2) is 21.0. The first-order valence-electron chi connectivity index (χ1n) is 24.1. The lowest BCUT2D eigenvalue weighted by Crippen LogP contribution is -2.59. The molecule has 5 aromatic rings. The minimum absolute atomic E-state index is 0.0337. The van der Waals surface area contributed by atoms with Crippen molar-refractivity contribution in [3.8, 4) is 29.1 Å². The van der Waals surface area contributed by atoms with Gasteiger partial charge in [0.1, 0.15) is 36.5 Å². The Bertz CT molecular complexity index is 2960. The number of hydrogen-bond acceptors (Lipinski definition) is 14. The molecule has 1 spiro atoms. The summed E-state index contributed by atoms with van der Waals surface area (Å²) in [4.78, 5) is 81.6. The van der Waals surface area contributed by atoms with E-state index >= 15 is 14.4 Å². The van der Waals surface area contributed by atoms with Gasteiger partial charge in [-0.15, -0.1) is 0 Å². The van der Waals surface area contributed by atoms with E-state index in [4.69, 9.17) is 34.2 Å². The van der Waals surface area contributed by atoms with Gasteiger partial charge in [-0.25, -0.2) is 14.5 Å². The van der Waals surface area contributed by atoms with Gasteiger partial charge in [-0.2, -0.15) is 0 Å². The molecule has 5 aliphatic heterocycles. The fraction of sp³-hybridized carbons (Fsp3) is 0.327. The van der Waals surface area contributed by atoms with Crippen molar-refractivity contribution in [3.05, 3.63) is 155 Å². The van der Waals surface area contributed by atoms with Crippen molar-refractivity contribution in [3.63, 3.8) is 0 Å². The molecule has 73 heavy (non-hydrogen) atoms. The summed E-state index contributed by atoms with van der Waals surface area (Å²) in [5, 5.41) is 12.3. The maximum atomic E-state index is 16.6. The number of rotatable bonds is 13. The molecule has 0 radical (unpaired) electrons. The van der Waals surface area contributed by atoms with E-state index in [-0.39, 0.29) is 64.1 Å². The predicted octanol–water partition coefficient (Wildman–Crippen LogP) is 4.60. The third kappa shape index (κ3) is 9.16. The van der Waals surface area contributed by atoms with Gasteiger partial charge in [0.05, 0.1) is 43.4 Å². The maximum Gasteiger partial charge on any atom is 0.421 e. The Morgan fingerprint density at radius 3 is 2.29 bits per heavy atom. The van der Waals surface area contributed by atoms with Crippen LogP contribution in [0.3, 0.4) is 0 Å². The van der Waals surface area contributed by atoms with Crippen LogP contribution >= 0.6 is 0 Å². The van der Waals surface area contributed by atoms with E-state index in [2.05, 4.69) is 22.1 Å². The summed E-state index contributed by atoms with van der Waals surface area (Å²) < 4.78 is 34.8. The Balaban J connectivity index is 1.18. The first-order valence-corrected chi connectivity index (χ1v) is 24.1. The zero-order chi connectivity index (χ0) is 50.6. The van der Waals surface area contributed by atoms with Crippen LogP contribution in [0.15, 0.2) is 121 Å². The van der Waals surface area contributed by atoms with Gasteiger partial charge in [0, 0.05) is 45.4 Å². The molecule has 5 amide bonds. The zero-order valence-corrected chi connectivity index (χ0v) is 40.0. The minimum atomic E-state index is -2.09. The number of primary amides is 1. The molecule has 3 fully saturated rings. The number of piperazine rings is 1. The Labute approximate surface area is 421 Å². The van der Waals surface area contributed by atoms with E-state index in [9.17, 15) is 14.7 Å². The minimum Gasteiger partial charge on any atom is -0.491 e. The van der Waals surface area contributed by atoms with E-state index in [1.165, 1.54) is 7.11 Å². The van der Waals surface area contributed by atoms with E-state index in [1.54, 1.807) is 41.3 Å². The van der Waals surface area contributed by atoms with Gasteiger partial charge in [0.25, 0.3) is 0 Å². The molecule has 0 bridgehead atoms. The number of morpholine rings is 1. The molecule has 0 aromatic heterocycles. The number of nitrogens with one attached hydrogen (secondary N) is 1. The highest BCUT2D eigenvalue weighted by molar-refractivity contribution is 6.23. The van der Waals surface area contributed by atoms with Gasteiger partial charge in [0.15, 0.2) is 11.5 Å². The number of urea groups is 1. The number of methoxy groups -OCH3 is 1. The van der Waals surface area contributed by atoms with E-state index < -0.39 is 65.5 Å². The van der Waals surface area contributed by atoms with Gasteiger partial charge >= 0.3 is 18.1 Å². The number of esters is 1. The highest BCUT2D eigenvalue weighted by Crippen LogP contribution is 2.66. The standard InChI is InChI=1S/C55H54N6O12/c1-68-28-29-70-54(67)60-42-19-17-35(10-9-21-57-53(56)66)30-41(42)55(52(60)65)45(50(63)59-24-22-58(23-25-59)33-36-18-20-43-44(31-36)72-34-71-43)47-51(64)73-48(38-13-6-3-7-14-38)46(37-11-4-2-5-12-37)61(47)49(55)39-15-8-16-40(32-39)69-27-26-62/h2-8,11-20,30-32,45-49,62H,21-29,33-34H2,1H3,(H3,56,57,66)/t45-,46-,47-,48+,49+,55-/m0/s1. The lowest BCUT2D eigenvalue weighted by Gasteiger charge is -2.46. The molecule has 376 valence electrons. The van der Waals surface area contributed by atoms with Gasteiger partial charge in [-0.3, -0.25) is 24.2 Å². The molecular formula is C55H54N6O12. The summed E-state index contributed by atoms with van der Waals surface area (Å²) in [6.07, 6.45) is -1.96. The van der Waals surface area contributed by atoms with Crippen molar-refractivity contribution in [1.29, 1.82) is 0 Å². The predicted molar refractivity (Wildman–Crippen MR) is 263 cm³/mol. The molecule has 18 heteroatoms. The van der Waals surface area contributed by atoms with E-state index in [0.717, 1.165) is 16.0 Å². The van der Waals surface area contributed by atoms with Crippen LogP contribution in [-0.2, 0) is 40.6 Å². The van der Waals surface area contributed by atoms with Gasteiger partial charge in [0.2, 0.25) is 18.6 Å². The number of amides is 5. The quantitative estimate of drug-likeness (QED) is 0.0837. The van der Waals surface area contributed by atoms with Crippen LogP contribution in [-0.4, -0.2) is 129 Å². The molecule has 5 aliphatic rings. The monoisotopic (exact) mass is 990 g/mol. The van der Waals surface area contributed by atoms with Crippen LogP contribution in [0.5, 0.6) is 17.2 Å². The number of fused-ring (bicyclic) bond motifs is 4. The van der Waals surface area contributed by atoms with Crippen LogP contribution in [0.25, 0.3) is 0 Å². The number of cyclic esters (lactones) is 1. The number of aliphatic hydroxyl groups excluding tert-OH is 1. The number of benzene rings is 5. The molecule has 0 aliphatic carbocycles. The average Bonchev–Trinajstić information content (AvgIpc) is 4.09. The van der Waals surface area contributed by atoms with Gasteiger partial charge < -0.3 is 49.5 Å². The molecule has 5 aromatic carbocycles. The van der Waals surface area contributed by atoms with Crippen LogP contribution in [0.1, 0.15) is 51.6 Å². The molecule has 4 N–H and O–H groups in total. The fourth-order valence-corrected chi connectivity index (χ4v) is 11.1. The Kier molecular flexibility index (Phi) is 14.0. The number of ether oxygens (including phenoxy) is 6. The molecule has 5 heterocycles. The fourth-order valence-electron chi connectivity index (χ4n) is 11.1. The van der Waals surface area contributed by atoms with Crippen LogP contribution in [0, 0.1) is 17.8 Å². The number of imide groups is 1. The van der Waals surface area contributed by atoms with Crippen molar-refractivity contribution < 1.29 is 57.5 Å². The molecule has 3 saturated heterocycles. The van der Waals surface area contributed by atoms with Crippen molar-refractivity contribution in [2.24, 2.45) is 11.7 Å². The third-order valence-corrected chi connectivity index (χ3v) is 14.1.